The standard InChI is InChI=1S/C12H20N2O2/c1-8(2)7-13-4-3-5-14-11(15)9-6-10(9)12(14)16/h8-10,13H,3-7H2,1-2H3. The van der Waals surface area contributed by atoms with Crippen LogP contribution < -0.4 is 5.32 Å². The summed E-state index contributed by atoms with van der Waals surface area (Å²) in [7, 11) is 0. The van der Waals surface area contributed by atoms with Crippen molar-refractivity contribution in [3.8, 4) is 0 Å². The van der Waals surface area contributed by atoms with E-state index in [4.69, 9.17) is 0 Å². The summed E-state index contributed by atoms with van der Waals surface area (Å²) in [5, 5.41) is 3.31. The van der Waals surface area contributed by atoms with Crippen LogP contribution in [0.15, 0.2) is 0 Å². The highest BCUT2D eigenvalue weighted by atomic mass is 16.2. The molecule has 1 aliphatic heterocycles. The summed E-state index contributed by atoms with van der Waals surface area (Å²) in [6.45, 7) is 6.79. The molecule has 4 heteroatoms. The average Bonchev–Trinajstić information content (AvgIpc) is 2.96. The molecule has 1 N–H and O–H groups in total. The monoisotopic (exact) mass is 224 g/mol. The van der Waals surface area contributed by atoms with Crippen molar-refractivity contribution in [3.63, 3.8) is 0 Å². The van der Waals surface area contributed by atoms with E-state index in [2.05, 4.69) is 19.2 Å². The smallest absolute Gasteiger partial charge is 0.233 e. The summed E-state index contributed by atoms with van der Waals surface area (Å²) < 4.78 is 0. The fourth-order valence-corrected chi connectivity index (χ4v) is 2.22. The quantitative estimate of drug-likeness (QED) is 0.532. The summed E-state index contributed by atoms with van der Waals surface area (Å²) >= 11 is 0. The van der Waals surface area contributed by atoms with Crippen LogP contribution in [0.3, 0.4) is 0 Å². The third kappa shape index (κ3) is 2.26. The predicted octanol–water partition coefficient (Wildman–Crippen LogP) is 0.627. The summed E-state index contributed by atoms with van der Waals surface area (Å²) in [6, 6.07) is 0. The molecule has 2 fully saturated rings. The van der Waals surface area contributed by atoms with Crippen molar-refractivity contribution in [1.29, 1.82) is 0 Å². The molecule has 2 aliphatic rings. The van der Waals surface area contributed by atoms with Gasteiger partial charge in [0.15, 0.2) is 0 Å². The molecule has 2 rings (SSSR count). The third-order valence-corrected chi connectivity index (χ3v) is 3.24. The second-order valence-corrected chi connectivity index (χ2v) is 5.23. The fraction of sp³-hybridized carbons (Fsp3) is 0.833. The summed E-state index contributed by atoms with van der Waals surface area (Å²) in [6.07, 6.45) is 1.67. The van der Waals surface area contributed by atoms with Gasteiger partial charge in [-0.1, -0.05) is 13.8 Å². The zero-order valence-electron chi connectivity index (χ0n) is 10.0. The van der Waals surface area contributed by atoms with E-state index in [1.807, 2.05) is 0 Å². The van der Waals surface area contributed by atoms with Crippen molar-refractivity contribution < 1.29 is 9.59 Å². The largest absolute Gasteiger partial charge is 0.316 e. The maximum absolute atomic E-state index is 11.6. The van der Waals surface area contributed by atoms with E-state index in [-0.39, 0.29) is 23.7 Å². The molecule has 1 heterocycles. The highest BCUT2D eigenvalue weighted by Crippen LogP contribution is 2.46. The second-order valence-electron chi connectivity index (χ2n) is 5.23. The minimum absolute atomic E-state index is 0.0520. The molecular formula is C12H20N2O2. The molecule has 0 radical (unpaired) electrons. The molecule has 1 saturated heterocycles. The molecule has 0 aromatic carbocycles. The molecule has 0 spiro atoms. The normalized spacial score (nSPS) is 27.8. The Morgan fingerprint density at radius 3 is 2.50 bits per heavy atom. The van der Waals surface area contributed by atoms with Crippen LogP contribution in [0.5, 0.6) is 0 Å². The van der Waals surface area contributed by atoms with Crippen molar-refractivity contribution >= 4 is 11.8 Å². The highest BCUT2D eigenvalue weighted by molar-refractivity contribution is 6.08. The van der Waals surface area contributed by atoms with Gasteiger partial charge in [-0.25, -0.2) is 0 Å². The van der Waals surface area contributed by atoms with E-state index >= 15 is 0 Å². The van der Waals surface area contributed by atoms with Gasteiger partial charge in [-0.2, -0.15) is 0 Å². The Labute approximate surface area is 96.4 Å². The van der Waals surface area contributed by atoms with E-state index in [1.54, 1.807) is 0 Å². The van der Waals surface area contributed by atoms with Gasteiger partial charge in [0.25, 0.3) is 0 Å². The van der Waals surface area contributed by atoms with E-state index in [1.165, 1.54) is 4.90 Å². The number of piperidine rings is 1. The average molecular weight is 224 g/mol. The van der Waals surface area contributed by atoms with Crippen LogP contribution in [0.25, 0.3) is 0 Å². The van der Waals surface area contributed by atoms with Crippen molar-refractivity contribution in [2.75, 3.05) is 19.6 Å². The van der Waals surface area contributed by atoms with Crippen molar-refractivity contribution in [1.82, 2.24) is 10.2 Å². The van der Waals surface area contributed by atoms with Crippen LogP contribution in [-0.2, 0) is 9.59 Å². The van der Waals surface area contributed by atoms with E-state index in [0.29, 0.717) is 12.5 Å². The van der Waals surface area contributed by atoms with Gasteiger partial charge in [0.05, 0.1) is 11.8 Å². The molecule has 1 saturated carbocycles. The molecule has 16 heavy (non-hydrogen) atoms. The lowest BCUT2D eigenvalue weighted by atomic mass is 10.2. The maximum Gasteiger partial charge on any atom is 0.233 e. The molecule has 0 aromatic rings. The number of hydrogen-bond acceptors (Lipinski definition) is 3. The van der Waals surface area contributed by atoms with Crippen LogP contribution in [0.2, 0.25) is 0 Å². The lowest BCUT2D eigenvalue weighted by Crippen LogP contribution is -2.35. The first kappa shape index (κ1) is 11.6. The number of imide groups is 1. The van der Waals surface area contributed by atoms with Gasteiger partial charge in [0.2, 0.25) is 11.8 Å². The lowest BCUT2D eigenvalue weighted by Gasteiger charge is -2.16. The molecule has 2 unspecified atom stereocenters. The number of nitrogens with zero attached hydrogens (tertiary/aromatic N) is 1. The van der Waals surface area contributed by atoms with E-state index < -0.39 is 0 Å². The Kier molecular flexibility index (Phi) is 3.28. The molecule has 0 bridgehead atoms. The highest BCUT2D eigenvalue weighted by Gasteiger charge is 2.58. The minimum Gasteiger partial charge on any atom is -0.316 e. The van der Waals surface area contributed by atoms with Crippen LogP contribution in [0.4, 0.5) is 0 Å². The molecule has 1 aliphatic carbocycles. The first-order valence-electron chi connectivity index (χ1n) is 6.17. The lowest BCUT2D eigenvalue weighted by molar-refractivity contribution is -0.141. The molecule has 2 atom stereocenters. The number of nitrogens with one attached hydrogen (secondary N) is 1. The number of rotatable bonds is 6. The summed E-state index contributed by atoms with van der Waals surface area (Å²) in [5.74, 6) is 0.882. The van der Waals surface area contributed by atoms with Gasteiger partial charge in [-0.15, -0.1) is 0 Å². The second kappa shape index (κ2) is 4.53. The number of fused-ring (bicyclic) bond motifs is 1. The maximum atomic E-state index is 11.6. The zero-order chi connectivity index (χ0) is 11.7. The Morgan fingerprint density at radius 2 is 1.94 bits per heavy atom. The predicted molar refractivity (Wildman–Crippen MR) is 60.6 cm³/mol. The first-order chi connectivity index (χ1) is 7.61. The van der Waals surface area contributed by atoms with Crippen molar-refractivity contribution in [2.24, 2.45) is 17.8 Å². The minimum atomic E-state index is 0.0520. The zero-order valence-corrected chi connectivity index (χ0v) is 10.0. The van der Waals surface area contributed by atoms with E-state index in [0.717, 1.165) is 25.9 Å². The third-order valence-electron chi connectivity index (χ3n) is 3.24. The molecule has 2 amide bonds. The van der Waals surface area contributed by atoms with Gasteiger partial charge in [0, 0.05) is 6.54 Å². The summed E-state index contributed by atoms with van der Waals surface area (Å²) in [5.41, 5.74) is 0. The van der Waals surface area contributed by atoms with Crippen LogP contribution in [-0.4, -0.2) is 36.3 Å². The Bertz CT molecular complexity index is 281. The van der Waals surface area contributed by atoms with Gasteiger partial charge in [-0.3, -0.25) is 14.5 Å². The molecule has 4 nitrogen and oxygen atoms in total. The molecule has 0 aromatic heterocycles. The number of amides is 2. The number of likely N-dealkylation sites (tertiary alicyclic amines) is 1. The summed E-state index contributed by atoms with van der Waals surface area (Å²) in [4.78, 5) is 24.7. The SMILES string of the molecule is CC(C)CNCCCN1C(=O)C2CC2C1=O. The number of carbonyl (C=O) groups is 2. The van der Waals surface area contributed by atoms with Crippen LogP contribution in [0, 0.1) is 17.8 Å². The van der Waals surface area contributed by atoms with Crippen molar-refractivity contribution in [2.45, 2.75) is 26.7 Å². The van der Waals surface area contributed by atoms with Gasteiger partial charge >= 0.3 is 0 Å². The van der Waals surface area contributed by atoms with Crippen LogP contribution in [0.1, 0.15) is 26.7 Å². The Hall–Kier alpha value is -0.900. The molecular weight excluding hydrogens is 204 g/mol. The first-order valence-corrected chi connectivity index (χ1v) is 6.17. The number of carbonyl (C=O) groups excluding carboxylic acids is 2. The topological polar surface area (TPSA) is 49.4 Å². The van der Waals surface area contributed by atoms with Gasteiger partial charge in [0.1, 0.15) is 0 Å². The fourth-order valence-electron chi connectivity index (χ4n) is 2.22. The van der Waals surface area contributed by atoms with Crippen molar-refractivity contribution in [3.05, 3.63) is 0 Å². The Morgan fingerprint density at radius 1 is 1.31 bits per heavy atom. The van der Waals surface area contributed by atoms with Crippen LogP contribution >= 0.6 is 0 Å². The molecule has 90 valence electrons. The number of hydrogen-bond donors (Lipinski definition) is 1. The van der Waals surface area contributed by atoms with E-state index in [9.17, 15) is 9.59 Å². The van der Waals surface area contributed by atoms with Gasteiger partial charge in [-0.05, 0) is 31.8 Å². The van der Waals surface area contributed by atoms with Gasteiger partial charge < -0.3 is 5.32 Å². The Balaban J connectivity index is 1.63.